The lowest BCUT2D eigenvalue weighted by Crippen LogP contribution is -2.05. The van der Waals surface area contributed by atoms with Crippen molar-refractivity contribution < 1.29 is 28.4 Å². The van der Waals surface area contributed by atoms with E-state index in [1.807, 2.05) is 291 Å². The maximum absolute atomic E-state index is 10.2. The zero-order valence-corrected chi connectivity index (χ0v) is 78.7. The Morgan fingerprint density at radius 2 is 0.559 bits per heavy atom. The van der Waals surface area contributed by atoms with Gasteiger partial charge in [0, 0.05) is 150 Å². The van der Waals surface area contributed by atoms with Gasteiger partial charge >= 0.3 is 5.69 Å². The van der Waals surface area contributed by atoms with Gasteiger partial charge in [-0.05, 0) is 72.0 Å². The first-order chi connectivity index (χ1) is 49.8. The maximum Gasteiger partial charge on any atom is 0.344 e. The van der Waals surface area contributed by atoms with Crippen LogP contribution in [0.15, 0.2) is 126 Å². The zero-order valence-electron chi connectivity index (χ0n) is 76.2. The highest BCUT2D eigenvalue weighted by atomic mass is 32.1. The number of hydrogen-bond acceptors (Lipinski definition) is 18. The molecule has 6 heterocycles. The van der Waals surface area contributed by atoms with Crippen molar-refractivity contribution in [2.75, 3.05) is 82.3 Å². The second-order valence-electron chi connectivity index (χ2n) is 10.0. The smallest absolute Gasteiger partial charge is 0.344 e. The van der Waals surface area contributed by atoms with Gasteiger partial charge in [-0.15, -0.1) is 0 Å². The molecule has 0 amide bonds. The van der Waals surface area contributed by atoms with Crippen molar-refractivity contribution in [1.82, 2.24) is 59.8 Å². The van der Waals surface area contributed by atoms with E-state index < -0.39 is 0 Å². The van der Waals surface area contributed by atoms with Crippen LogP contribution in [-0.4, -0.2) is 142 Å². The lowest BCUT2D eigenvalue weighted by Gasteiger charge is -1.76. The number of H-pyrrole nitrogens is 6. The monoisotopic (exact) mass is 1530 g/mol. The first kappa shape index (κ1) is 167. The van der Waals surface area contributed by atoms with Gasteiger partial charge in [-0.3, -0.25) is 19.6 Å². The second-order valence-corrected chi connectivity index (χ2v) is 11.3. The molecule has 0 bridgehead atoms. The largest absolute Gasteiger partial charge is 0.385 e. The summed E-state index contributed by atoms with van der Waals surface area (Å²) in [4.78, 5) is 67.5. The molecule has 21 nitrogen and oxygen atoms in total. The normalized spacial score (nSPS) is 6.35. The summed E-state index contributed by atoms with van der Waals surface area (Å²) in [5.74, 6) is 0. The predicted molar refractivity (Wildman–Crippen MR) is 472 cm³/mol. The second kappa shape index (κ2) is 287. The number of aromatic nitrogens is 12. The van der Waals surface area contributed by atoms with Crippen LogP contribution >= 0.6 is 36.7 Å². The zero-order chi connectivity index (χ0) is 87.2. The molecule has 6 N–H and O–H groups in total. The molecular weight excluding hydrogens is 1350 g/mol. The van der Waals surface area contributed by atoms with Crippen molar-refractivity contribution in [2.24, 2.45) is 0 Å². The summed E-state index contributed by atoms with van der Waals surface area (Å²) in [6.07, 6.45) is 21.5. The highest BCUT2D eigenvalue weighted by molar-refractivity contribution is 7.71. The number of ether oxygens (including phenoxy) is 6. The van der Waals surface area contributed by atoms with Crippen LogP contribution in [0.3, 0.4) is 0 Å². The minimum absolute atomic E-state index is 0.116. The molecule has 0 atom stereocenters. The lowest BCUT2D eigenvalue weighted by atomic mass is 10.7. The standard InChI is InChI=1S/3C4H4N2O.3C4H4N2S.6C3H8O.18C2H6/c7-4-3-5-1-2-6-4;7-4-1-2-5-3-6-4;7-4-5-2-1-3-6-4;7-4-3-5-1-2-6-4;7-4-1-2-5-3-6-4;7-4-5-2-1-3-6-4;6*1-3-4-2;18*1-2/h1-3H,(H,6,7);2*1-3H,(H,5,6,7);1-3H,(H,6,7);2*1-3H,(H,5,6,7);6*3H2,1-2H3;18*1-2H3. The Morgan fingerprint density at radius 3 is 0.647 bits per heavy atom. The van der Waals surface area contributed by atoms with E-state index in [-0.39, 0.29) is 16.8 Å². The Hall–Kier alpha value is -5.70. The fraction of sp³-hybridized carbons (Fsp3) is 0.692. The van der Waals surface area contributed by atoms with Crippen LogP contribution < -0.4 is 16.8 Å². The van der Waals surface area contributed by atoms with Crippen LogP contribution in [0, 0.1) is 14.1 Å². The Morgan fingerprint density at radius 1 is 0.284 bits per heavy atom. The minimum atomic E-state index is -0.303. The van der Waals surface area contributed by atoms with Crippen LogP contribution in [0.4, 0.5) is 0 Å². The third kappa shape index (κ3) is 352. The average molecular weight is 1530 g/mol. The van der Waals surface area contributed by atoms with E-state index >= 15 is 0 Å². The summed E-state index contributed by atoms with van der Waals surface area (Å²) in [5, 5.41) is 0. The molecule has 0 aliphatic heterocycles. The Kier molecular flexibility index (Phi) is 471. The van der Waals surface area contributed by atoms with Crippen LogP contribution in [0.5, 0.6) is 0 Å². The van der Waals surface area contributed by atoms with E-state index in [4.69, 9.17) is 24.4 Å². The maximum atomic E-state index is 10.2. The van der Waals surface area contributed by atoms with Crippen molar-refractivity contribution in [3.63, 3.8) is 0 Å². The molecule has 0 aliphatic carbocycles. The van der Waals surface area contributed by atoms with Gasteiger partial charge in [0.2, 0.25) is 0 Å². The molecule has 0 aromatic carbocycles. The Bertz CT molecular complexity index is 1620. The van der Waals surface area contributed by atoms with Crippen molar-refractivity contribution in [2.45, 2.75) is 291 Å². The van der Waals surface area contributed by atoms with Crippen LogP contribution in [0.25, 0.3) is 0 Å². The van der Waals surface area contributed by atoms with Gasteiger partial charge < -0.3 is 58.3 Å². The third-order valence-electron chi connectivity index (χ3n) is 5.24. The van der Waals surface area contributed by atoms with E-state index in [0.29, 0.717) is 9.41 Å². The Balaban J connectivity index is -0.0000000286. The van der Waals surface area contributed by atoms with Gasteiger partial charge in [-0.25, -0.2) is 24.7 Å². The fourth-order valence-electron chi connectivity index (χ4n) is 1.85. The predicted octanol–water partition coefficient (Wildman–Crippen LogP) is 25.1. The van der Waals surface area contributed by atoms with Crippen molar-refractivity contribution >= 4 is 36.7 Å². The first-order valence-electron chi connectivity index (χ1n) is 37.7. The highest BCUT2D eigenvalue weighted by Gasteiger charge is 1.73. The Labute approximate surface area is 650 Å². The van der Waals surface area contributed by atoms with Gasteiger partial charge in [0.05, 0.1) is 25.0 Å². The van der Waals surface area contributed by atoms with Gasteiger partial charge in [0.1, 0.15) is 9.28 Å². The molecule has 102 heavy (non-hydrogen) atoms. The quantitative estimate of drug-likeness (QED) is 0.0845. The summed E-state index contributed by atoms with van der Waals surface area (Å²) < 4.78 is 29.2. The number of aromatic amines is 6. The summed E-state index contributed by atoms with van der Waals surface area (Å²) in [6, 6.07) is 6.53. The van der Waals surface area contributed by atoms with Gasteiger partial charge in [-0.2, -0.15) is 0 Å². The molecular formula is C78H180N12O9S3. The SMILES string of the molecule is CC.CC.CC.CC.CC.CC.CC.CC.CC.CC.CC.CC.CC.CC.CC.CC.CC.CC.CCOC.CCOC.CCOC.CCOC.CCOC.CCOC.O=c1ccnc[nH]1.O=c1cncc[nH]1.O=c1nccc[nH]1.S=c1ccnc[nH]1.S=c1cncc[nH]1.S=c1nccc[nH]1. The molecule has 0 unspecified atom stereocenters. The molecule has 624 valence electrons. The van der Waals surface area contributed by atoms with E-state index in [1.54, 1.807) is 104 Å². The van der Waals surface area contributed by atoms with Crippen LogP contribution in [-0.2, 0) is 28.4 Å². The first-order valence-corrected chi connectivity index (χ1v) is 39.0. The molecule has 24 heteroatoms. The van der Waals surface area contributed by atoms with Crippen molar-refractivity contribution in [1.29, 1.82) is 0 Å². The van der Waals surface area contributed by atoms with Crippen LogP contribution in [0.1, 0.15) is 291 Å². The molecule has 0 spiro atoms. The molecule has 6 aromatic rings. The van der Waals surface area contributed by atoms with E-state index in [0.717, 1.165) is 44.3 Å². The molecule has 0 saturated carbocycles. The molecule has 0 aliphatic rings. The summed E-state index contributed by atoms with van der Waals surface area (Å²) >= 11 is 14.1. The number of methoxy groups -OCH3 is 6. The number of hydrogen-bond donors (Lipinski definition) is 6. The molecule has 6 aromatic heterocycles. The highest BCUT2D eigenvalue weighted by Crippen LogP contribution is 1.77. The third-order valence-corrected chi connectivity index (χ3v) is 5.94. The fourth-order valence-corrected chi connectivity index (χ4v) is 2.22. The average Bonchev–Trinajstić information content (AvgIpc) is 1.81. The summed E-state index contributed by atoms with van der Waals surface area (Å²) in [7, 11) is 10.1. The topological polar surface area (TPSA) is 279 Å². The number of rotatable bonds is 6. The molecule has 6 rings (SSSR count). The molecule has 0 radical (unpaired) electrons. The van der Waals surface area contributed by atoms with Gasteiger partial charge in [0.15, 0.2) is 4.77 Å². The van der Waals surface area contributed by atoms with Gasteiger partial charge in [0.25, 0.3) is 11.1 Å². The minimum Gasteiger partial charge on any atom is -0.385 e. The lowest BCUT2D eigenvalue weighted by molar-refractivity contribution is 0.215. The summed E-state index contributed by atoms with van der Waals surface area (Å²) in [6.45, 7) is 88.7. The number of nitrogens with zero attached hydrogens (tertiary/aromatic N) is 6. The van der Waals surface area contributed by atoms with Gasteiger partial charge in [-0.1, -0.05) is 274 Å². The van der Waals surface area contributed by atoms with E-state index in [9.17, 15) is 14.4 Å². The van der Waals surface area contributed by atoms with E-state index in [2.05, 4.69) is 100 Å². The molecule has 0 saturated heterocycles. The van der Waals surface area contributed by atoms with E-state index in [1.165, 1.54) is 49.6 Å². The molecule has 0 fully saturated rings. The summed E-state index contributed by atoms with van der Waals surface area (Å²) in [5.41, 5.74) is -0.583. The van der Waals surface area contributed by atoms with Crippen LogP contribution in [0.2, 0.25) is 0 Å². The van der Waals surface area contributed by atoms with Crippen molar-refractivity contribution in [3.05, 3.63) is 157 Å². The number of nitrogens with one attached hydrogen (secondary N) is 6. The van der Waals surface area contributed by atoms with Crippen molar-refractivity contribution in [3.8, 4) is 0 Å².